The van der Waals surface area contributed by atoms with E-state index in [1.165, 1.54) is 11.1 Å². The molecule has 0 saturated carbocycles. The van der Waals surface area contributed by atoms with Crippen LogP contribution in [0.4, 0.5) is 5.13 Å². The van der Waals surface area contributed by atoms with Gasteiger partial charge in [-0.15, -0.1) is 10.2 Å². The summed E-state index contributed by atoms with van der Waals surface area (Å²) in [5.41, 5.74) is 12.4. The molecule has 7 heteroatoms. The lowest BCUT2D eigenvalue weighted by Gasteiger charge is -2.20. The normalized spacial score (nSPS) is 17.0. The summed E-state index contributed by atoms with van der Waals surface area (Å²) in [5.74, 6) is 0.405. The molecule has 0 saturated heterocycles. The van der Waals surface area contributed by atoms with Crippen LogP contribution < -0.4 is 11.1 Å². The summed E-state index contributed by atoms with van der Waals surface area (Å²) in [7, 11) is 0. The van der Waals surface area contributed by atoms with Gasteiger partial charge in [0.1, 0.15) is 5.01 Å². The largest absolute Gasteiger partial charge is 0.358 e. The molecule has 2 heterocycles. The summed E-state index contributed by atoms with van der Waals surface area (Å²) in [6.07, 6.45) is 2.24. The Morgan fingerprint density at radius 2 is 2.14 bits per heavy atom. The van der Waals surface area contributed by atoms with Crippen molar-refractivity contribution in [3.63, 3.8) is 0 Å². The Bertz CT molecular complexity index is 1130. The van der Waals surface area contributed by atoms with E-state index in [1.54, 1.807) is 11.3 Å². The average molecular weight is 391 g/mol. The molecule has 2 aromatic carbocycles. The van der Waals surface area contributed by atoms with Crippen molar-refractivity contribution in [2.75, 3.05) is 11.9 Å². The molecule has 6 nitrogen and oxygen atoms in total. The number of aromatic amines is 1. The third-order valence-electron chi connectivity index (χ3n) is 5.61. The van der Waals surface area contributed by atoms with Crippen LogP contribution in [0.2, 0.25) is 0 Å². The minimum atomic E-state index is 0.0564. The van der Waals surface area contributed by atoms with Gasteiger partial charge in [0, 0.05) is 29.5 Å². The van der Waals surface area contributed by atoms with Crippen molar-refractivity contribution in [1.82, 2.24) is 20.4 Å². The molecule has 4 N–H and O–H groups in total. The van der Waals surface area contributed by atoms with Crippen LogP contribution in [-0.4, -0.2) is 33.0 Å². The van der Waals surface area contributed by atoms with Gasteiger partial charge < -0.3 is 11.1 Å². The zero-order valence-corrected chi connectivity index (χ0v) is 16.5. The standard InChI is InChI=1S/C21H22N6S/c1-12-17-10-14(7-9-19(17)25-24-12)20-26-27-21(28-20)23-11-18(22)16-8-6-13-4-2-3-5-15(13)16/h2-5,7,9-10,16,18H,6,8,11,22H2,1H3,(H,23,27)(H,24,25)/t16-,18+/m1/s1. The van der Waals surface area contributed by atoms with Crippen molar-refractivity contribution in [3.8, 4) is 10.6 Å². The number of benzene rings is 2. The minimum absolute atomic E-state index is 0.0564. The molecular formula is C21H22N6S. The summed E-state index contributed by atoms with van der Waals surface area (Å²) < 4.78 is 0. The Balaban J connectivity index is 1.28. The Labute approximate surface area is 167 Å². The number of fused-ring (bicyclic) bond motifs is 2. The van der Waals surface area contributed by atoms with Crippen LogP contribution >= 0.6 is 11.3 Å². The Morgan fingerprint density at radius 1 is 1.25 bits per heavy atom. The number of aryl methyl sites for hydroxylation is 2. The number of nitrogens with one attached hydrogen (secondary N) is 2. The topological polar surface area (TPSA) is 92.5 Å². The van der Waals surface area contributed by atoms with E-state index in [1.807, 2.05) is 19.1 Å². The van der Waals surface area contributed by atoms with Crippen LogP contribution in [0.25, 0.3) is 21.5 Å². The first-order chi connectivity index (χ1) is 13.7. The van der Waals surface area contributed by atoms with Gasteiger partial charge in [-0.2, -0.15) is 5.10 Å². The molecule has 2 atom stereocenters. The van der Waals surface area contributed by atoms with Gasteiger partial charge in [-0.05, 0) is 49.1 Å². The maximum Gasteiger partial charge on any atom is 0.206 e. The Morgan fingerprint density at radius 3 is 3.07 bits per heavy atom. The molecule has 5 rings (SSSR count). The third-order valence-corrected chi connectivity index (χ3v) is 6.54. The fourth-order valence-electron chi connectivity index (χ4n) is 4.07. The van der Waals surface area contributed by atoms with Crippen LogP contribution in [0.5, 0.6) is 0 Å². The second-order valence-corrected chi connectivity index (χ2v) is 8.35. The molecule has 0 radical (unpaired) electrons. The highest BCUT2D eigenvalue weighted by Gasteiger charge is 2.27. The highest BCUT2D eigenvalue weighted by atomic mass is 32.1. The highest BCUT2D eigenvalue weighted by Crippen LogP contribution is 2.35. The van der Waals surface area contributed by atoms with Gasteiger partial charge in [0.15, 0.2) is 0 Å². The van der Waals surface area contributed by atoms with E-state index in [-0.39, 0.29) is 6.04 Å². The lowest BCUT2D eigenvalue weighted by atomic mass is 9.94. The zero-order chi connectivity index (χ0) is 19.1. The summed E-state index contributed by atoms with van der Waals surface area (Å²) in [6, 6.07) is 14.9. The fraction of sp³-hybridized carbons (Fsp3) is 0.286. The van der Waals surface area contributed by atoms with Crippen molar-refractivity contribution in [2.24, 2.45) is 5.73 Å². The molecule has 0 aliphatic heterocycles. The van der Waals surface area contributed by atoms with Crippen LogP contribution in [0, 0.1) is 6.92 Å². The van der Waals surface area contributed by atoms with Crippen LogP contribution in [0.15, 0.2) is 42.5 Å². The first-order valence-electron chi connectivity index (χ1n) is 9.55. The highest BCUT2D eigenvalue weighted by molar-refractivity contribution is 7.18. The van der Waals surface area contributed by atoms with Crippen molar-refractivity contribution in [2.45, 2.75) is 31.7 Å². The lowest BCUT2D eigenvalue weighted by molar-refractivity contribution is 0.546. The van der Waals surface area contributed by atoms with Crippen molar-refractivity contribution in [3.05, 3.63) is 59.3 Å². The first-order valence-corrected chi connectivity index (χ1v) is 10.4. The number of anilines is 1. The fourth-order valence-corrected chi connectivity index (χ4v) is 4.82. The van der Waals surface area contributed by atoms with E-state index in [9.17, 15) is 0 Å². The van der Waals surface area contributed by atoms with E-state index in [0.717, 1.165) is 45.1 Å². The SMILES string of the molecule is Cc1n[nH]c2ccc(-c3nnc(NC[C@H](N)[C@@H]4CCc5ccccc54)s3)cc12. The van der Waals surface area contributed by atoms with Gasteiger partial charge >= 0.3 is 0 Å². The number of rotatable bonds is 5. The van der Waals surface area contributed by atoms with E-state index < -0.39 is 0 Å². The molecule has 0 bridgehead atoms. The van der Waals surface area contributed by atoms with Crippen LogP contribution in [-0.2, 0) is 6.42 Å². The third kappa shape index (κ3) is 3.06. The molecule has 4 aromatic rings. The maximum absolute atomic E-state index is 6.51. The number of nitrogens with zero attached hydrogens (tertiary/aromatic N) is 3. The molecule has 28 heavy (non-hydrogen) atoms. The molecular weight excluding hydrogens is 368 g/mol. The van der Waals surface area contributed by atoms with Crippen molar-refractivity contribution >= 4 is 27.4 Å². The second kappa shape index (κ2) is 7.00. The van der Waals surface area contributed by atoms with Crippen LogP contribution in [0.3, 0.4) is 0 Å². The lowest BCUT2D eigenvalue weighted by Crippen LogP contribution is -2.34. The minimum Gasteiger partial charge on any atom is -0.358 e. The summed E-state index contributed by atoms with van der Waals surface area (Å²) in [6.45, 7) is 2.69. The number of nitrogens with two attached hydrogens (primary N) is 1. The van der Waals surface area contributed by atoms with Crippen LogP contribution in [0.1, 0.15) is 29.2 Å². The van der Waals surface area contributed by atoms with E-state index in [0.29, 0.717) is 12.5 Å². The number of H-pyrrole nitrogens is 1. The smallest absolute Gasteiger partial charge is 0.206 e. The van der Waals surface area contributed by atoms with Crippen molar-refractivity contribution in [1.29, 1.82) is 0 Å². The molecule has 142 valence electrons. The predicted octanol–water partition coefficient (Wildman–Crippen LogP) is 3.86. The quantitative estimate of drug-likeness (QED) is 0.481. The molecule has 0 amide bonds. The zero-order valence-electron chi connectivity index (χ0n) is 15.6. The molecule has 1 aliphatic carbocycles. The van der Waals surface area contributed by atoms with E-state index >= 15 is 0 Å². The van der Waals surface area contributed by atoms with E-state index in [4.69, 9.17) is 5.73 Å². The molecule has 0 fully saturated rings. The van der Waals surface area contributed by atoms with Gasteiger partial charge in [-0.3, -0.25) is 5.10 Å². The number of hydrogen-bond donors (Lipinski definition) is 3. The Kier molecular flexibility index (Phi) is 4.33. The molecule has 0 unspecified atom stereocenters. The number of hydrogen-bond acceptors (Lipinski definition) is 6. The van der Waals surface area contributed by atoms with E-state index in [2.05, 4.69) is 56.0 Å². The summed E-state index contributed by atoms with van der Waals surface area (Å²) >= 11 is 1.55. The maximum atomic E-state index is 6.51. The predicted molar refractivity (Wildman–Crippen MR) is 114 cm³/mol. The summed E-state index contributed by atoms with van der Waals surface area (Å²) in [4.78, 5) is 0. The van der Waals surface area contributed by atoms with Crippen molar-refractivity contribution < 1.29 is 0 Å². The average Bonchev–Trinajstić information content (AvgIpc) is 3.44. The van der Waals surface area contributed by atoms with Gasteiger partial charge in [0.25, 0.3) is 0 Å². The van der Waals surface area contributed by atoms with Gasteiger partial charge in [0.05, 0.1) is 11.2 Å². The van der Waals surface area contributed by atoms with Gasteiger partial charge in [0.2, 0.25) is 5.13 Å². The Hall–Kier alpha value is -2.77. The monoisotopic (exact) mass is 390 g/mol. The number of aromatic nitrogens is 4. The molecule has 0 spiro atoms. The first kappa shape index (κ1) is 17.3. The second-order valence-electron chi connectivity index (χ2n) is 7.37. The van der Waals surface area contributed by atoms with Gasteiger partial charge in [-0.1, -0.05) is 35.6 Å². The molecule has 2 aromatic heterocycles. The summed E-state index contributed by atoms with van der Waals surface area (Å²) in [5, 5.41) is 22.1. The molecule has 1 aliphatic rings. The van der Waals surface area contributed by atoms with Gasteiger partial charge in [-0.25, -0.2) is 0 Å².